The van der Waals surface area contributed by atoms with Gasteiger partial charge >= 0.3 is 0 Å². The van der Waals surface area contributed by atoms with Crippen LogP contribution in [-0.2, 0) is 6.54 Å². The second-order valence-electron chi connectivity index (χ2n) is 7.38. The molecule has 6 heteroatoms. The molecule has 4 rings (SSSR count). The molecule has 1 aromatic heterocycles. The maximum absolute atomic E-state index is 6.21. The van der Waals surface area contributed by atoms with Crippen LogP contribution in [0.25, 0.3) is 10.8 Å². The topological polar surface area (TPSA) is 41.9 Å². The number of fused-ring (bicyclic) bond motifs is 1. The minimum Gasteiger partial charge on any atom is -0.332 e. The quantitative estimate of drug-likeness (QED) is 0.361. The van der Waals surface area contributed by atoms with Gasteiger partial charge < -0.3 is 10.6 Å². The van der Waals surface area contributed by atoms with Crippen molar-refractivity contribution in [2.24, 2.45) is 0 Å². The molecule has 0 spiro atoms. The lowest BCUT2D eigenvalue weighted by Gasteiger charge is -2.12. The van der Waals surface area contributed by atoms with E-state index in [9.17, 15) is 0 Å². The lowest BCUT2D eigenvalue weighted by atomic mass is 10.0. The van der Waals surface area contributed by atoms with Gasteiger partial charge in [-0.3, -0.25) is 4.68 Å². The van der Waals surface area contributed by atoms with Crippen molar-refractivity contribution in [2.45, 2.75) is 27.3 Å². The van der Waals surface area contributed by atoms with E-state index in [1.54, 1.807) is 0 Å². The van der Waals surface area contributed by atoms with Crippen molar-refractivity contribution in [1.29, 1.82) is 0 Å². The summed E-state index contributed by atoms with van der Waals surface area (Å²) in [6.07, 6.45) is 0. The van der Waals surface area contributed by atoms with Crippen LogP contribution < -0.4 is 10.6 Å². The maximum atomic E-state index is 6.21. The van der Waals surface area contributed by atoms with E-state index < -0.39 is 0 Å². The van der Waals surface area contributed by atoms with Crippen molar-refractivity contribution < 1.29 is 0 Å². The minimum atomic E-state index is 0.505. The van der Waals surface area contributed by atoms with Crippen molar-refractivity contribution in [3.05, 3.63) is 88.2 Å². The summed E-state index contributed by atoms with van der Waals surface area (Å²) in [7, 11) is 0. The lowest BCUT2D eigenvalue weighted by Crippen LogP contribution is -2.20. The first kappa shape index (κ1) is 20.4. The Morgan fingerprint density at radius 2 is 1.77 bits per heavy atom. The van der Waals surface area contributed by atoms with Crippen LogP contribution in [0.15, 0.2) is 60.7 Å². The fourth-order valence-electron chi connectivity index (χ4n) is 3.57. The largest absolute Gasteiger partial charge is 0.332 e. The Balaban J connectivity index is 1.54. The summed E-state index contributed by atoms with van der Waals surface area (Å²) in [5.41, 5.74) is 5.97. The molecule has 0 aliphatic rings. The number of benzene rings is 3. The SMILES string of the molecule is Cc1ccc(NC(=S)Nc2c(C)nn(Cc3cccc4ccccc34)c2C)cc1Cl. The van der Waals surface area contributed by atoms with Crippen LogP contribution in [0.1, 0.15) is 22.5 Å². The average molecular weight is 435 g/mol. The third-order valence-electron chi connectivity index (χ3n) is 5.25. The van der Waals surface area contributed by atoms with Crippen LogP contribution in [0.3, 0.4) is 0 Å². The third-order valence-corrected chi connectivity index (χ3v) is 5.86. The predicted molar refractivity (Wildman–Crippen MR) is 131 cm³/mol. The number of nitrogens with zero attached hydrogens (tertiary/aromatic N) is 2. The summed E-state index contributed by atoms with van der Waals surface area (Å²) in [4.78, 5) is 0. The van der Waals surface area contributed by atoms with Gasteiger partial charge in [0.1, 0.15) is 0 Å². The van der Waals surface area contributed by atoms with E-state index in [0.29, 0.717) is 16.7 Å². The van der Waals surface area contributed by atoms with Gasteiger partial charge in [0.2, 0.25) is 0 Å². The molecule has 4 aromatic rings. The number of halogens is 1. The number of nitrogens with one attached hydrogen (secondary N) is 2. The molecule has 2 N–H and O–H groups in total. The van der Waals surface area contributed by atoms with Crippen molar-refractivity contribution in [2.75, 3.05) is 10.6 Å². The fraction of sp³-hybridized carbons (Fsp3) is 0.167. The highest BCUT2D eigenvalue weighted by molar-refractivity contribution is 7.80. The van der Waals surface area contributed by atoms with Gasteiger partial charge in [-0.1, -0.05) is 60.1 Å². The summed E-state index contributed by atoms with van der Waals surface area (Å²) in [5.74, 6) is 0. The molecule has 0 saturated heterocycles. The van der Waals surface area contributed by atoms with Crippen LogP contribution in [0.2, 0.25) is 5.02 Å². The Labute approximate surface area is 186 Å². The first-order chi connectivity index (χ1) is 14.4. The summed E-state index contributed by atoms with van der Waals surface area (Å²) < 4.78 is 2.02. The normalized spacial score (nSPS) is 10.9. The van der Waals surface area contributed by atoms with Crippen LogP contribution >= 0.6 is 23.8 Å². The number of thiocarbonyl (C=S) groups is 1. The highest BCUT2D eigenvalue weighted by Crippen LogP contribution is 2.25. The molecule has 30 heavy (non-hydrogen) atoms. The third kappa shape index (κ3) is 4.18. The fourth-order valence-corrected chi connectivity index (χ4v) is 3.97. The highest BCUT2D eigenvalue weighted by atomic mass is 35.5. The number of aryl methyl sites for hydroxylation is 2. The van der Waals surface area contributed by atoms with E-state index in [1.165, 1.54) is 16.3 Å². The Bertz CT molecular complexity index is 1240. The Morgan fingerprint density at radius 1 is 1.00 bits per heavy atom. The molecule has 1 heterocycles. The number of hydrogen-bond acceptors (Lipinski definition) is 2. The summed E-state index contributed by atoms with van der Waals surface area (Å²) in [6, 6.07) is 20.6. The Morgan fingerprint density at radius 3 is 2.57 bits per heavy atom. The molecule has 0 saturated carbocycles. The summed E-state index contributed by atoms with van der Waals surface area (Å²) in [6.45, 7) is 6.71. The van der Waals surface area contributed by atoms with Gasteiger partial charge in [0.25, 0.3) is 0 Å². The van der Waals surface area contributed by atoms with E-state index in [0.717, 1.165) is 28.3 Å². The van der Waals surface area contributed by atoms with Crippen LogP contribution in [-0.4, -0.2) is 14.9 Å². The van der Waals surface area contributed by atoms with Crippen molar-refractivity contribution in [1.82, 2.24) is 9.78 Å². The molecule has 0 fully saturated rings. The summed E-state index contributed by atoms with van der Waals surface area (Å²) in [5, 5.41) is 14.9. The van der Waals surface area contributed by atoms with Crippen molar-refractivity contribution in [3.63, 3.8) is 0 Å². The molecule has 0 bridgehead atoms. The van der Waals surface area contributed by atoms with Crippen LogP contribution in [0, 0.1) is 20.8 Å². The molecule has 0 unspecified atom stereocenters. The number of rotatable bonds is 4. The second-order valence-corrected chi connectivity index (χ2v) is 8.20. The van der Waals surface area contributed by atoms with Gasteiger partial charge in [-0.25, -0.2) is 0 Å². The van der Waals surface area contributed by atoms with Gasteiger partial charge in [0.15, 0.2) is 5.11 Å². The van der Waals surface area contributed by atoms with Crippen LogP contribution in [0.4, 0.5) is 11.4 Å². The molecule has 3 aromatic carbocycles. The van der Waals surface area contributed by atoms with Gasteiger partial charge in [-0.15, -0.1) is 0 Å². The number of anilines is 2. The predicted octanol–water partition coefficient (Wildman–Crippen LogP) is 6.47. The number of hydrogen-bond donors (Lipinski definition) is 2. The Kier molecular flexibility index (Phi) is 5.75. The maximum Gasteiger partial charge on any atom is 0.175 e. The van der Waals surface area contributed by atoms with E-state index in [-0.39, 0.29) is 0 Å². The highest BCUT2D eigenvalue weighted by Gasteiger charge is 2.14. The van der Waals surface area contributed by atoms with Gasteiger partial charge in [0, 0.05) is 10.7 Å². The van der Waals surface area contributed by atoms with E-state index in [1.807, 2.05) is 36.7 Å². The zero-order valence-electron chi connectivity index (χ0n) is 17.2. The van der Waals surface area contributed by atoms with E-state index >= 15 is 0 Å². The second kappa shape index (κ2) is 8.46. The zero-order chi connectivity index (χ0) is 21.3. The van der Waals surface area contributed by atoms with Crippen molar-refractivity contribution in [3.8, 4) is 0 Å². The lowest BCUT2D eigenvalue weighted by molar-refractivity contribution is 0.662. The number of aromatic nitrogens is 2. The molecule has 4 nitrogen and oxygen atoms in total. The first-order valence-electron chi connectivity index (χ1n) is 9.77. The van der Waals surface area contributed by atoms with Gasteiger partial charge in [-0.2, -0.15) is 5.10 Å². The molecule has 0 amide bonds. The average Bonchev–Trinajstić information content (AvgIpc) is 2.98. The molecule has 152 valence electrons. The molecular weight excluding hydrogens is 412 g/mol. The Hall–Kier alpha value is -2.89. The monoisotopic (exact) mass is 434 g/mol. The van der Waals surface area contributed by atoms with E-state index in [2.05, 4.69) is 60.0 Å². The van der Waals surface area contributed by atoms with Crippen LogP contribution in [0.5, 0.6) is 0 Å². The molecule has 0 radical (unpaired) electrons. The molecule has 0 aliphatic carbocycles. The van der Waals surface area contributed by atoms with Crippen molar-refractivity contribution >= 4 is 51.1 Å². The summed E-state index contributed by atoms with van der Waals surface area (Å²) >= 11 is 11.7. The smallest absolute Gasteiger partial charge is 0.175 e. The van der Waals surface area contributed by atoms with Gasteiger partial charge in [-0.05, 0) is 67.0 Å². The molecule has 0 aliphatic heterocycles. The molecule has 0 atom stereocenters. The molecular formula is C24H23ClN4S. The van der Waals surface area contributed by atoms with Gasteiger partial charge in [0.05, 0.1) is 23.6 Å². The minimum absolute atomic E-state index is 0.505. The van der Waals surface area contributed by atoms with E-state index in [4.69, 9.17) is 28.9 Å². The first-order valence-corrected chi connectivity index (χ1v) is 10.6. The standard InChI is InChI=1S/C24H23ClN4S/c1-15-11-12-20(13-22(15)25)26-24(30)27-23-16(2)28-29(17(23)3)14-19-9-6-8-18-7-4-5-10-21(18)19/h4-13H,14H2,1-3H3,(H2,26,27,30). The zero-order valence-corrected chi connectivity index (χ0v) is 18.7.